The summed E-state index contributed by atoms with van der Waals surface area (Å²) in [4.78, 5) is 14.0. The number of anilines is 1. The van der Waals surface area contributed by atoms with Gasteiger partial charge in [-0.15, -0.1) is 0 Å². The van der Waals surface area contributed by atoms with Crippen LogP contribution in [-0.2, 0) is 6.54 Å². The number of ether oxygens (including phenoxy) is 1. The van der Waals surface area contributed by atoms with E-state index in [0.717, 1.165) is 22.2 Å². The van der Waals surface area contributed by atoms with Crippen molar-refractivity contribution < 1.29 is 9.84 Å². The predicted octanol–water partition coefficient (Wildman–Crippen LogP) is 5.35. The van der Waals surface area contributed by atoms with Crippen molar-refractivity contribution >= 4 is 28.6 Å². The van der Waals surface area contributed by atoms with Gasteiger partial charge >= 0.3 is 0 Å². The number of aromatic nitrogens is 4. The fraction of sp³-hybridized carbons (Fsp3) is 0.357. The molecular weight excluding hydrogens is 488 g/mol. The topological polar surface area (TPSA) is 109 Å². The third kappa shape index (κ3) is 5.53. The molecule has 1 aliphatic carbocycles. The van der Waals surface area contributed by atoms with Crippen molar-refractivity contribution in [1.82, 2.24) is 19.5 Å². The molecule has 0 spiro atoms. The molecule has 0 saturated heterocycles. The monoisotopic (exact) mass is 516 g/mol. The van der Waals surface area contributed by atoms with Gasteiger partial charge in [0.05, 0.1) is 12.2 Å². The second-order valence-corrected chi connectivity index (χ2v) is 9.96. The molecule has 0 bridgehead atoms. The summed E-state index contributed by atoms with van der Waals surface area (Å²) in [6.07, 6.45) is 2.89. The maximum absolute atomic E-state index is 9.64. The molecule has 8 nitrogen and oxygen atoms in total. The number of nitrogens with one attached hydrogen (secondary N) is 1. The van der Waals surface area contributed by atoms with Crippen LogP contribution >= 0.6 is 11.6 Å². The number of aliphatic hydroxyl groups is 1. The molecule has 1 saturated carbocycles. The van der Waals surface area contributed by atoms with Crippen molar-refractivity contribution in [3.8, 4) is 23.2 Å². The van der Waals surface area contributed by atoms with Crippen molar-refractivity contribution in [3.63, 3.8) is 0 Å². The van der Waals surface area contributed by atoms with Crippen molar-refractivity contribution in [1.29, 1.82) is 5.26 Å². The van der Waals surface area contributed by atoms with E-state index >= 15 is 0 Å². The maximum atomic E-state index is 9.64. The van der Waals surface area contributed by atoms with Gasteiger partial charge in [-0.2, -0.15) is 15.2 Å². The van der Waals surface area contributed by atoms with Crippen molar-refractivity contribution in [2.24, 2.45) is 5.92 Å². The number of nitriles is 1. The second-order valence-electron chi connectivity index (χ2n) is 9.52. The molecule has 37 heavy (non-hydrogen) atoms. The van der Waals surface area contributed by atoms with Gasteiger partial charge in [0.25, 0.3) is 0 Å². The first-order valence-corrected chi connectivity index (χ1v) is 12.9. The van der Waals surface area contributed by atoms with Crippen LogP contribution in [0.2, 0.25) is 5.02 Å². The Morgan fingerprint density at radius 3 is 2.68 bits per heavy atom. The number of hydrogen-bond acceptors (Lipinski definition) is 7. The summed E-state index contributed by atoms with van der Waals surface area (Å²) in [5.41, 5.74) is 4.08. The minimum Gasteiger partial charge on any atom is -0.493 e. The standard InChI is InChI=1S/C28H29ClN6O2/c1-17-4-11-23(37-13-3-12-36)22(14-17)28-34-27-25(35(28)16-19-5-9-21(29)10-6-19)26(32-24(15-30)33-27)31-18(2)20-7-8-20/h4-6,9-11,14,18,20,36H,3,7-8,12-13,16H2,1-2H3,(H,31,32,33). The van der Waals surface area contributed by atoms with Crippen LogP contribution in [0.25, 0.3) is 22.6 Å². The Morgan fingerprint density at radius 1 is 1.19 bits per heavy atom. The predicted molar refractivity (Wildman–Crippen MR) is 144 cm³/mol. The van der Waals surface area contributed by atoms with E-state index in [1.54, 1.807) is 0 Å². The van der Waals surface area contributed by atoms with Crippen LogP contribution in [0.4, 0.5) is 5.82 Å². The molecule has 1 aliphatic rings. The maximum Gasteiger partial charge on any atom is 0.236 e. The number of benzene rings is 2. The van der Waals surface area contributed by atoms with Crippen LogP contribution in [0.15, 0.2) is 42.5 Å². The Balaban J connectivity index is 1.71. The molecule has 9 heteroatoms. The van der Waals surface area contributed by atoms with Gasteiger partial charge in [-0.3, -0.25) is 0 Å². The molecule has 1 unspecified atom stereocenters. The van der Waals surface area contributed by atoms with E-state index in [1.165, 1.54) is 12.8 Å². The van der Waals surface area contributed by atoms with Crippen LogP contribution in [-0.4, -0.2) is 43.9 Å². The number of aliphatic hydroxyl groups excluding tert-OH is 1. The van der Waals surface area contributed by atoms with Gasteiger partial charge in [0.1, 0.15) is 23.2 Å². The second kappa shape index (κ2) is 10.8. The number of halogens is 1. The van der Waals surface area contributed by atoms with E-state index in [-0.39, 0.29) is 18.5 Å². The lowest BCUT2D eigenvalue weighted by Gasteiger charge is -2.17. The molecule has 2 aromatic carbocycles. The van der Waals surface area contributed by atoms with E-state index in [9.17, 15) is 10.4 Å². The van der Waals surface area contributed by atoms with Gasteiger partial charge in [0, 0.05) is 30.6 Å². The van der Waals surface area contributed by atoms with Gasteiger partial charge in [-0.1, -0.05) is 35.4 Å². The average molecular weight is 517 g/mol. The summed E-state index contributed by atoms with van der Waals surface area (Å²) < 4.78 is 8.13. The van der Waals surface area contributed by atoms with Crippen LogP contribution in [0.5, 0.6) is 5.75 Å². The summed E-state index contributed by atoms with van der Waals surface area (Å²) in [5.74, 6) is 2.60. The van der Waals surface area contributed by atoms with E-state index in [1.807, 2.05) is 49.4 Å². The van der Waals surface area contributed by atoms with E-state index in [2.05, 4.69) is 32.8 Å². The first-order chi connectivity index (χ1) is 18.0. The first kappa shape index (κ1) is 25.0. The Kier molecular flexibility index (Phi) is 7.26. The molecule has 1 fully saturated rings. The first-order valence-electron chi connectivity index (χ1n) is 12.5. The average Bonchev–Trinajstić information content (AvgIpc) is 3.69. The number of fused-ring (bicyclic) bond motifs is 1. The smallest absolute Gasteiger partial charge is 0.236 e. The SMILES string of the molecule is Cc1ccc(OCCCO)c(-c2nc3nc(C#N)nc(NC(C)C4CC4)c3n2Cc2ccc(Cl)cc2)c1. The molecule has 2 aromatic heterocycles. The number of nitrogens with zero attached hydrogens (tertiary/aromatic N) is 5. The summed E-state index contributed by atoms with van der Waals surface area (Å²) >= 11 is 6.15. The fourth-order valence-electron chi connectivity index (χ4n) is 4.44. The number of aryl methyl sites for hydroxylation is 1. The Hall–Kier alpha value is -3.67. The van der Waals surface area contributed by atoms with Crippen LogP contribution in [0, 0.1) is 24.2 Å². The molecule has 1 atom stereocenters. The molecular formula is C28H29ClN6O2. The summed E-state index contributed by atoms with van der Waals surface area (Å²) in [5, 5.41) is 23.1. The minimum absolute atomic E-state index is 0.0526. The third-order valence-electron chi connectivity index (χ3n) is 6.59. The highest BCUT2D eigenvalue weighted by atomic mass is 35.5. The summed E-state index contributed by atoms with van der Waals surface area (Å²) in [6.45, 7) is 5.09. The summed E-state index contributed by atoms with van der Waals surface area (Å²) in [7, 11) is 0. The van der Waals surface area contributed by atoms with Gasteiger partial charge in [0.15, 0.2) is 11.5 Å². The zero-order valence-electron chi connectivity index (χ0n) is 20.9. The van der Waals surface area contributed by atoms with E-state index in [0.29, 0.717) is 53.6 Å². The molecule has 190 valence electrons. The zero-order valence-corrected chi connectivity index (χ0v) is 21.7. The quantitative estimate of drug-likeness (QED) is 0.273. The van der Waals surface area contributed by atoms with Gasteiger partial charge < -0.3 is 19.7 Å². The molecule has 5 rings (SSSR count). The van der Waals surface area contributed by atoms with Crippen LogP contribution in [0.1, 0.15) is 43.1 Å². The summed E-state index contributed by atoms with van der Waals surface area (Å²) in [6, 6.07) is 15.9. The zero-order chi connectivity index (χ0) is 25.9. The number of hydrogen-bond donors (Lipinski definition) is 2. The molecule has 0 radical (unpaired) electrons. The molecule has 2 N–H and O–H groups in total. The van der Waals surface area contributed by atoms with Crippen molar-refractivity contribution in [2.45, 2.75) is 45.7 Å². The lowest BCUT2D eigenvalue weighted by Crippen LogP contribution is -2.19. The van der Waals surface area contributed by atoms with Crippen LogP contribution in [0.3, 0.4) is 0 Å². The molecule has 2 heterocycles. The van der Waals surface area contributed by atoms with Gasteiger partial charge in [-0.05, 0) is 62.4 Å². The number of imidazole rings is 1. The largest absolute Gasteiger partial charge is 0.493 e. The van der Waals surface area contributed by atoms with Gasteiger partial charge in [0.2, 0.25) is 5.82 Å². The third-order valence-corrected chi connectivity index (χ3v) is 6.84. The van der Waals surface area contributed by atoms with Crippen LogP contribution < -0.4 is 10.1 Å². The molecule has 0 aliphatic heterocycles. The van der Waals surface area contributed by atoms with Crippen molar-refractivity contribution in [2.75, 3.05) is 18.5 Å². The van der Waals surface area contributed by atoms with E-state index < -0.39 is 0 Å². The highest BCUT2D eigenvalue weighted by Gasteiger charge is 2.30. The van der Waals surface area contributed by atoms with E-state index in [4.69, 9.17) is 21.3 Å². The van der Waals surface area contributed by atoms with Crippen molar-refractivity contribution in [3.05, 3.63) is 64.4 Å². The highest BCUT2D eigenvalue weighted by Crippen LogP contribution is 2.37. The van der Waals surface area contributed by atoms with Gasteiger partial charge in [-0.25, -0.2) is 4.98 Å². The normalized spacial score (nSPS) is 13.9. The lowest BCUT2D eigenvalue weighted by molar-refractivity contribution is 0.234. The Labute approximate surface area is 220 Å². The highest BCUT2D eigenvalue weighted by molar-refractivity contribution is 6.30. The Bertz CT molecular complexity index is 1460. The molecule has 0 amide bonds. The minimum atomic E-state index is 0.0526. The lowest BCUT2D eigenvalue weighted by atomic mass is 10.1. The number of rotatable bonds is 10. The fourth-order valence-corrected chi connectivity index (χ4v) is 4.57. The Morgan fingerprint density at radius 2 is 1.97 bits per heavy atom. The molecule has 4 aromatic rings.